The fraction of sp³-hybridized carbons (Fsp3) is 0.0952. The van der Waals surface area contributed by atoms with Gasteiger partial charge >= 0.3 is 6.18 Å². The van der Waals surface area contributed by atoms with Crippen LogP contribution >= 0.6 is 11.6 Å². The summed E-state index contributed by atoms with van der Waals surface area (Å²) in [6.45, 7) is 0. The first-order chi connectivity index (χ1) is 17.0. The first-order valence-corrected chi connectivity index (χ1v) is 11.7. The van der Waals surface area contributed by atoms with E-state index in [1.54, 1.807) is 0 Å². The Kier molecular flexibility index (Phi) is 6.65. The molecule has 2 N–H and O–H groups in total. The lowest BCUT2D eigenvalue weighted by molar-refractivity contribution is -0.137. The van der Waals surface area contributed by atoms with Gasteiger partial charge in [-0.2, -0.15) is 13.2 Å². The van der Waals surface area contributed by atoms with Crippen LogP contribution in [0.15, 0.2) is 59.6 Å². The van der Waals surface area contributed by atoms with Crippen LogP contribution in [0.5, 0.6) is 11.5 Å². The van der Waals surface area contributed by atoms with Gasteiger partial charge in [0, 0.05) is 25.4 Å². The predicted octanol–water partition coefficient (Wildman–Crippen LogP) is 4.04. The van der Waals surface area contributed by atoms with Crippen LogP contribution in [-0.2, 0) is 16.2 Å². The lowest BCUT2D eigenvalue weighted by atomic mass is 10.2. The molecule has 0 radical (unpaired) electrons. The number of nitrogens with zero attached hydrogens (tertiary/aromatic N) is 4. The third-order valence-electron chi connectivity index (χ3n) is 4.63. The highest BCUT2D eigenvalue weighted by molar-refractivity contribution is 7.92. The van der Waals surface area contributed by atoms with Crippen molar-refractivity contribution in [3.8, 4) is 11.5 Å². The van der Waals surface area contributed by atoms with Gasteiger partial charge in [-0.25, -0.2) is 18.1 Å². The molecule has 10 nitrogen and oxygen atoms in total. The largest absolute Gasteiger partial charge is 0.457 e. The molecular formula is C21H14ClF3N6O4S. The number of aromatic nitrogens is 4. The molecule has 4 aromatic rings. The second kappa shape index (κ2) is 9.54. The minimum atomic E-state index is -4.77. The van der Waals surface area contributed by atoms with E-state index in [4.69, 9.17) is 16.3 Å². The highest BCUT2D eigenvalue weighted by Crippen LogP contribution is 2.34. The molecule has 2 aromatic carbocycles. The number of nitrogens with one attached hydrogen (secondary N) is 2. The van der Waals surface area contributed by atoms with Gasteiger partial charge in [-0.3, -0.25) is 9.78 Å². The zero-order valence-corrected chi connectivity index (χ0v) is 19.6. The summed E-state index contributed by atoms with van der Waals surface area (Å²) in [4.78, 5) is 18.9. The minimum absolute atomic E-state index is 0.148. The molecule has 0 spiro atoms. The Morgan fingerprint density at radius 2 is 1.75 bits per heavy atom. The number of hydrogen-bond acceptors (Lipinski definition) is 8. The Bertz CT molecular complexity index is 1580. The summed E-state index contributed by atoms with van der Waals surface area (Å²) in [7, 11) is -3.10. The predicted molar refractivity (Wildman–Crippen MR) is 122 cm³/mol. The van der Waals surface area contributed by atoms with E-state index in [2.05, 4.69) is 25.5 Å². The van der Waals surface area contributed by atoms with Crippen molar-refractivity contribution < 1.29 is 31.1 Å². The highest BCUT2D eigenvalue weighted by Gasteiger charge is 2.33. The maximum Gasteiger partial charge on any atom is 0.416 e. The lowest BCUT2D eigenvalue weighted by Crippen LogP contribution is -2.18. The Balaban J connectivity index is 1.58. The highest BCUT2D eigenvalue weighted by atomic mass is 35.5. The molecular weight excluding hydrogens is 525 g/mol. The Hall–Kier alpha value is -4.04. The Morgan fingerprint density at radius 3 is 2.47 bits per heavy atom. The van der Waals surface area contributed by atoms with Crippen molar-refractivity contribution in [3.05, 3.63) is 71.0 Å². The first kappa shape index (κ1) is 25.1. The second-order valence-corrected chi connectivity index (χ2v) is 9.15. The van der Waals surface area contributed by atoms with Crippen LogP contribution < -0.4 is 14.8 Å². The third-order valence-corrected chi connectivity index (χ3v) is 6.44. The maximum absolute atomic E-state index is 13.0. The molecule has 15 heteroatoms. The number of anilines is 1. The van der Waals surface area contributed by atoms with Gasteiger partial charge in [-0.05, 0) is 36.4 Å². The zero-order valence-electron chi connectivity index (χ0n) is 18.0. The van der Waals surface area contributed by atoms with Gasteiger partial charge in [0.25, 0.3) is 21.9 Å². The molecule has 0 atom stereocenters. The SMILES string of the molecule is CNC(=O)c1cc(Oc2ccc3nc(NS(=O)(=O)c4cc(C(F)(F)F)ccc4Cl)nnc3c2)ccn1. The van der Waals surface area contributed by atoms with Crippen LogP contribution in [0.4, 0.5) is 19.1 Å². The van der Waals surface area contributed by atoms with Crippen molar-refractivity contribution in [1.29, 1.82) is 0 Å². The van der Waals surface area contributed by atoms with Gasteiger partial charge < -0.3 is 10.1 Å². The number of carbonyl (C=O) groups excluding carboxylic acids is 1. The normalized spacial score (nSPS) is 11.8. The smallest absolute Gasteiger partial charge is 0.416 e. The van der Waals surface area contributed by atoms with Crippen molar-refractivity contribution in [2.75, 3.05) is 11.8 Å². The molecule has 0 aliphatic carbocycles. The summed E-state index contributed by atoms with van der Waals surface area (Å²) in [5.41, 5.74) is -0.594. The summed E-state index contributed by atoms with van der Waals surface area (Å²) in [6, 6.07) is 9.34. The van der Waals surface area contributed by atoms with Crippen molar-refractivity contribution in [2.45, 2.75) is 11.1 Å². The molecule has 0 saturated heterocycles. The molecule has 0 unspecified atom stereocenters. The number of hydrogen-bond donors (Lipinski definition) is 2. The van der Waals surface area contributed by atoms with Crippen molar-refractivity contribution in [3.63, 3.8) is 0 Å². The van der Waals surface area contributed by atoms with Gasteiger partial charge in [0.05, 0.1) is 16.1 Å². The van der Waals surface area contributed by atoms with E-state index in [0.29, 0.717) is 23.6 Å². The topological polar surface area (TPSA) is 136 Å². The Morgan fingerprint density at radius 1 is 1.00 bits per heavy atom. The van der Waals surface area contributed by atoms with Crippen LogP contribution in [0, 0.1) is 0 Å². The number of carbonyl (C=O) groups is 1. The average molecular weight is 539 g/mol. The van der Waals surface area contributed by atoms with Crippen LogP contribution in [0.1, 0.15) is 16.1 Å². The molecule has 4 rings (SSSR count). The van der Waals surface area contributed by atoms with Crippen molar-refractivity contribution >= 4 is 44.5 Å². The first-order valence-electron chi connectivity index (χ1n) is 9.86. The fourth-order valence-corrected chi connectivity index (χ4v) is 4.41. The number of pyridine rings is 1. The number of sulfonamides is 1. The van der Waals surface area contributed by atoms with E-state index < -0.39 is 43.5 Å². The number of fused-ring (bicyclic) bond motifs is 1. The molecule has 186 valence electrons. The molecule has 0 aliphatic heterocycles. The summed E-state index contributed by atoms with van der Waals surface area (Å²) >= 11 is 5.83. The van der Waals surface area contributed by atoms with E-state index >= 15 is 0 Å². The number of amides is 1. The summed E-state index contributed by atoms with van der Waals surface area (Å²) in [5.74, 6) is -0.229. The van der Waals surface area contributed by atoms with E-state index in [1.165, 1.54) is 43.6 Å². The quantitative estimate of drug-likeness (QED) is 0.375. The summed E-state index contributed by atoms with van der Waals surface area (Å²) in [5, 5.41) is 9.61. The molecule has 1 amide bonds. The van der Waals surface area contributed by atoms with Gasteiger partial charge in [0.15, 0.2) is 0 Å². The number of alkyl halides is 3. The van der Waals surface area contributed by atoms with Gasteiger partial charge in [-0.15, -0.1) is 10.2 Å². The van der Waals surface area contributed by atoms with Gasteiger partial charge in [-0.1, -0.05) is 11.6 Å². The zero-order chi connectivity index (χ0) is 26.1. The summed E-state index contributed by atoms with van der Waals surface area (Å²) < 4.78 is 72.0. The Labute approximate surface area is 206 Å². The van der Waals surface area contributed by atoms with Crippen LogP contribution in [0.3, 0.4) is 0 Å². The van der Waals surface area contributed by atoms with E-state index in [1.807, 2.05) is 4.72 Å². The minimum Gasteiger partial charge on any atom is -0.457 e. The fourth-order valence-electron chi connectivity index (χ4n) is 2.95. The van der Waals surface area contributed by atoms with E-state index in [0.717, 1.165) is 6.07 Å². The second-order valence-electron chi connectivity index (χ2n) is 7.09. The van der Waals surface area contributed by atoms with Gasteiger partial charge in [0.2, 0.25) is 0 Å². The number of rotatable bonds is 6. The monoisotopic (exact) mass is 538 g/mol. The lowest BCUT2D eigenvalue weighted by Gasteiger charge is -2.12. The molecule has 0 aliphatic rings. The maximum atomic E-state index is 13.0. The average Bonchev–Trinajstić information content (AvgIpc) is 2.83. The third kappa shape index (κ3) is 5.44. The molecule has 36 heavy (non-hydrogen) atoms. The van der Waals surface area contributed by atoms with Crippen LogP contribution in [0.25, 0.3) is 11.0 Å². The standard InChI is InChI=1S/C21H14ClF3N6O4S/c1-26-19(32)17-10-13(6-7-27-17)35-12-3-5-15-16(9-12)29-30-20(28-15)31-36(33,34)18-8-11(21(23,24)25)2-4-14(18)22/h2-10H,1H3,(H,26,32)(H,28,30,31). The van der Waals surface area contributed by atoms with Crippen molar-refractivity contribution in [2.24, 2.45) is 0 Å². The number of halogens is 4. The molecule has 0 fully saturated rings. The molecule has 2 aromatic heterocycles. The number of ether oxygens (including phenoxy) is 1. The van der Waals surface area contributed by atoms with Gasteiger partial charge in [0.1, 0.15) is 27.6 Å². The summed E-state index contributed by atoms with van der Waals surface area (Å²) in [6.07, 6.45) is -3.37. The van der Waals surface area contributed by atoms with E-state index in [9.17, 15) is 26.4 Å². The molecule has 0 saturated carbocycles. The number of benzene rings is 2. The van der Waals surface area contributed by atoms with Crippen molar-refractivity contribution in [1.82, 2.24) is 25.5 Å². The van der Waals surface area contributed by atoms with Crippen LogP contribution in [-0.4, -0.2) is 41.5 Å². The van der Waals surface area contributed by atoms with Crippen LogP contribution in [0.2, 0.25) is 5.02 Å². The molecule has 0 bridgehead atoms. The molecule has 2 heterocycles. The van der Waals surface area contributed by atoms with E-state index in [-0.39, 0.29) is 16.7 Å².